The Labute approximate surface area is 119 Å². The summed E-state index contributed by atoms with van der Waals surface area (Å²) in [5, 5.41) is 2.27. The highest BCUT2D eigenvalue weighted by Crippen LogP contribution is 2.17. The average Bonchev–Trinajstić information content (AvgIpc) is 2.32. The number of carbonyl (C=O) groups is 2. The summed E-state index contributed by atoms with van der Waals surface area (Å²) in [7, 11) is 1.63. The van der Waals surface area contributed by atoms with Crippen LogP contribution in [0.1, 0.15) is 12.0 Å². The molecule has 0 fully saturated rings. The maximum atomic E-state index is 11.7. The Morgan fingerprint density at radius 3 is 2.67 bits per heavy atom. The van der Waals surface area contributed by atoms with Crippen LogP contribution in [0.25, 0.3) is 0 Å². The van der Waals surface area contributed by atoms with Crippen molar-refractivity contribution in [3.05, 3.63) is 34.3 Å². The van der Waals surface area contributed by atoms with E-state index in [9.17, 15) is 9.59 Å². The minimum absolute atomic E-state index is 0.135. The topological polar surface area (TPSA) is 49.4 Å². The molecule has 4 nitrogen and oxygen atoms in total. The average molecular weight is 334 g/mol. The van der Waals surface area contributed by atoms with Gasteiger partial charge >= 0.3 is 6.03 Å². The zero-order valence-electron chi connectivity index (χ0n) is 9.95. The zero-order chi connectivity index (χ0) is 13.5. The Morgan fingerprint density at radius 1 is 1.39 bits per heavy atom. The van der Waals surface area contributed by atoms with E-state index in [2.05, 4.69) is 21.2 Å². The summed E-state index contributed by atoms with van der Waals surface area (Å²) < 4.78 is 0.928. The smallest absolute Gasteiger partial charge is 0.323 e. The number of nitrogens with zero attached hydrogens (tertiary/aromatic N) is 1. The van der Waals surface area contributed by atoms with Gasteiger partial charge in [0.2, 0.25) is 5.91 Å². The molecule has 0 saturated carbocycles. The highest BCUT2D eigenvalue weighted by atomic mass is 79.9. The third-order valence-electron chi connectivity index (χ3n) is 2.28. The molecular formula is C12H14BrClN2O2. The van der Waals surface area contributed by atoms with Crippen LogP contribution in [-0.4, -0.2) is 29.8 Å². The number of rotatable bonds is 4. The second kappa shape index (κ2) is 7.38. The number of imide groups is 1. The third-order valence-corrected chi connectivity index (χ3v) is 3.24. The summed E-state index contributed by atoms with van der Waals surface area (Å²) in [5.41, 5.74) is 0.972. The lowest BCUT2D eigenvalue weighted by molar-refractivity contribution is -0.119. The molecule has 0 unspecified atom stereocenters. The number of amides is 3. The predicted molar refractivity (Wildman–Crippen MR) is 74.5 cm³/mol. The van der Waals surface area contributed by atoms with Crippen molar-refractivity contribution < 1.29 is 9.59 Å². The molecule has 98 valence electrons. The Bertz CT molecular complexity index is 440. The van der Waals surface area contributed by atoms with Gasteiger partial charge in [-0.15, -0.1) is 11.6 Å². The van der Waals surface area contributed by atoms with Crippen molar-refractivity contribution in [2.24, 2.45) is 0 Å². The summed E-state index contributed by atoms with van der Waals surface area (Å²) in [5.74, 6) is -0.165. The first-order valence-electron chi connectivity index (χ1n) is 5.39. The summed E-state index contributed by atoms with van der Waals surface area (Å²) in [6, 6.07) is 7.18. The van der Waals surface area contributed by atoms with Crippen LogP contribution < -0.4 is 5.32 Å². The quantitative estimate of drug-likeness (QED) is 0.861. The molecule has 0 bridgehead atoms. The highest BCUT2D eigenvalue weighted by Gasteiger charge is 2.13. The molecule has 0 aliphatic rings. The monoisotopic (exact) mass is 332 g/mol. The van der Waals surface area contributed by atoms with E-state index in [1.807, 2.05) is 24.3 Å². The van der Waals surface area contributed by atoms with Gasteiger partial charge in [-0.25, -0.2) is 4.79 Å². The number of urea groups is 1. The maximum Gasteiger partial charge on any atom is 0.324 e. The van der Waals surface area contributed by atoms with Gasteiger partial charge in [-0.3, -0.25) is 10.1 Å². The van der Waals surface area contributed by atoms with Crippen LogP contribution in [0.4, 0.5) is 4.79 Å². The van der Waals surface area contributed by atoms with Crippen molar-refractivity contribution in [2.45, 2.75) is 13.0 Å². The fourth-order valence-electron chi connectivity index (χ4n) is 1.32. The van der Waals surface area contributed by atoms with Crippen molar-refractivity contribution >= 4 is 39.5 Å². The van der Waals surface area contributed by atoms with Crippen LogP contribution in [0.15, 0.2) is 28.7 Å². The molecule has 0 radical (unpaired) electrons. The highest BCUT2D eigenvalue weighted by molar-refractivity contribution is 9.10. The molecule has 0 heterocycles. The molecule has 0 atom stereocenters. The number of hydrogen-bond donors (Lipinski definition) is 1. The SMILES string of the molecule is CN(Cc1ccccc1Br)C(=O)NC(=O)CCCl. The number of alkyl halides is 1. The third kappa shape index (κ3) is 4.66. The Hall–Kier alpha value is -1.07. The van der Waals surface area contributed by atoms with Crippen LogP contribution >= 0.6 is 27.5 Å². The minimum Gasteiger partial charge on any atom is -0.323 e. The molecule has 1 aromatic rings. The number of carbonyl (C=O) groups excluding carboxylic acids is 2. The second-order valence-corrected chi connectivity index (χ2v) is 4.97. The molecule has 3 amide bonds. The van der Waals surface area contributed by atoms with Crippen molar-refractivity contribution in [2.75, 3.05) is 12.9 Å². The molecule has 0 aliphatic heterocycles. The molecule has 0 aromatic heterocycles. The molecule has 6 heteroatoms. The first kappa shape index (κ1) is 15.0. The van der Waals surface area contributed by atoms with Gasteiger partial charge in [0.15, 0.2) is 0 Å². The lowest BCUT2D eigenvalue weighted by atomic mass is 10.2. The van der Waals surface area contributed by atoms with Crippen LogP contribution in [0.5, 0.6) is 0 Å². The Morgan fingerprint density at radius 2 is 2.06 bits per heavy atom. The van der Waals surface area contributed by atoms with Gasteiger partial charge in [0.25, 0.3) is 0 Å². The van der Waals surface area contributed by atoms with E-state index < -0.39 is 6.03 Å². The summed E-state index contributed by atoms with van der Waals surface area (Å²) >= 11 is 8.82. The van der Waals surface area contributed by atoms with E-state index in [1.54, 1.807) is 7.05 Å². The fourth-order valence-corrected chi connectivity index (χ4v) is 1.90. The first-order valence-corrected chi connectivity index (χ1v) is 6.71. The van der Waals surface area contributed by atoms with E-state index in [4.69, 9.17) is 11.6 Å². The van der Waals surface area contributed by atoms with Gasteiger partial charge in [-0.05, 0) is 11.6 Å². The maximum absolute atomic E-state index is 11.7. The zero-order valence-corrected chi connectivity index (χ0v) is 12.3. The molecule has 1 aromatic carbocycles. The molecule has 0 saturated heterocycles. The standard InChI is InChI=1S/C12H14BrClN2O2/c1-16(12(18)15-11(17)6-7-14)8-9-4-2-3-5-10(9)13/h2-5H,6-8H2,1H3,(H,15,17,18). The predicted octanol–water partition coefficient (Wildman–Crippen LogP) is 2.75. The Kier molecular flexibility index (Phi) is 6.15. The number of nitrogens with one attached hydrogen (secondary N) is 1. The summed E-state index contributed by atoms with van der Waals surface area (Å²) in [4.78, 5) is 24.3. The van der Waals surface area contributed by atoms with E-state index in [0.29, 0.717) is 6.54 Å². The lowest BCUT2D eigenvalue weighted by Crippen LogP contribution is -2.40. The number of halogens is 2. The van der Waals surface area contributed by atoms with Crippen LogP contribution in [0, 0.1) is 0 Å². The minimum atomic E-state index is -0.430. The Balaban J connectivity index is 2.55. The van der Waals surface area contributed by atoms with E-state index in [-0.39, 0.29) is 18.2 Å². The van der Waals surface area contributed by atoms with Crippen molar-refractivity contribution in [3.63, 3.8) is 0 Å². The fraction of sp³-hybridized carbons (Fsp3) is 0.333. The van der Waals surface area contributed by atoms with Crippen LogP contribution in [0.3, 0.4) is 0 Å². The largest absolute Gasteiger partial charge is 0.324 e. The van der Waals surface area contributed by atoms with E-state index in [0.717, 1.165) is 10.0 Å². The van der Waals surface area contributed by atoms with Gasteiger partial charge in [-0.1, -0.05) is 34.1 Å². The summed E-state index contributed by atoms with van der Waals surface area (Å²) in [6.07, 6.45) is 0.135. The van der Waals surface area contributed by atoms with Gasteiger partial charge in [0.1, 0.15) is 0 Å². The molecule has 1 N–H and O–H groups in total. The molecular weight excluding hydrogens is 320 g/mol. The summed E-state index contributed by atoms with van der Waals surface area (Å²) in [6.45, 7) is 0.418. The first-order chi connectivity index (χ1) is 8.54. The van der Waals surface area contributed by atoms with Crippen molar-refractivity contribution in [1.29, 1.82) is 0 Å². The van der Waals surface area contributed by atoms with E-state index in [1.165, 1.54) is 4.90 Å². The van der Waals surface area contributed by atoms with Gasteiger partial charge in [0.05, 0.1) is 0 Å². The number of benzene rings is 1. The second-order valence-electron chi connectivity index (χ2n) is 3.74. The van der Waals surface area contributed by atoms with Crippen LogP contribution in [0.2, 0.25) is 0 Å². The van der Waals surface area contributed by atoms with Crippen LogP contribution in [-0.2, 0) is 11.3 Å². The van der Waals surface area contributed by atoms with Gasteiger partial charge < -0.3 is 4.90 Å². The lowest BCUT2D eigenvalue weighted by Gasteiger charge is -2.18. The molecule has 18 heavy (non-hydrogen) atoms. The van der Waals surface area contributed by atoms with E-state index >= 15 is 0 Å². The van der Waals surface area contributed by atoms with Crippen molar-refractivity contribution in [3.8, 4) is 0 Å². The van der Waals surface area contributed by atoms with Gasteiger partial charge in [-0.2, -0.15) is 0 Å². The molecule has 0 spiro atoms. The molecule has 1 rings (SSSR count). The van der Waals surface area contributed by atoms with Crippen molar-refractivity contribution in [1.82, 2.24) is 10.2 Å². The molecule has 0 aliphatic carbocycles. The number of hydrogen-bond acceptors (Lipinski definition) is 2. The normalized spacial score (nSPS) is 9.94. The van der Waals surface area contributed by atoms with Gasteiger partial charge in [0, 0.05) is 30.4 Å².